The first kappa shape index (κ1) is 15.9. The summed E-state index contributed by atoms with van der Waals surface area (Å²) in [4.78, 5) is 22.2. The normalized spacial score (nSPS) is 10.9. The Morgan fingerprint density at radius 3 is 2.55 bits per heavy atom. The Hall–Kier alpha value is -2.11. The van der Waals surface area contributed by atoms with Crippen LogP contribution in [0.5, 0.6) is 0 Å². The van der Waals surface area contributed by atoms with Crippen LogP contribution in [0.15, 0.2) is 24.3 Å². The fourth-order valence-corrected chi connectivity index (χ4v) is 1.79. The van der Waals surface area contributed by atoms with Crippen LogP contribution in [-0.4, -0.2) is 29.2 Å². The molecule has 0 unspecified atom stereocenters. The van der Waals surface area contributed by atoms with Crippen molar-refractivity contribution < 1.29 is 19.1 Å². The Kier molecular flexibility index (Phi) is 5.49. The second kappa shape index (κ2) is 6.88. The zero-order valence-corrected chi connectivity index (χ0v) is 11.6. The van der Waals surface area contributed by atoms with Gasteiger partial charge in [0, 0.05) is 12.1 Å². The molecule has 0 aliphatic heterocycles. The number of benzene rings is 1. The molecule has 0 heterocycles. The molecule has 2 amide bonds. The fourth-order valence-electron chi connectivity index (χ4n) is 1.79. The van der Waals surface area contributed by atoms with Gasteiger partial charge in [0.25, 0.3) is 0 Å². The van der Waals surface area contributed by atoms with Gasteiger partial charge in [-0.05, 0) is 31.9 Å². The van der Waals surface area contributed by atoms with Crippen LogP contribution in [0.1, 0.15) is 25.8 Å². The van der Waals surface area contributed by atoms with Gasteiger partial charge in [-0.2, -0.15) is 0 Å². The third kappa shape index (κ3) is 5.69. The molecule has 1 rings (SSSR count). The molecule has 3 N–H and O–H groups in total. The summed E-state index contributed by atoms with van der Waals surface area (Å²) in [6, 6.07) is 5.89. The predicted molar refractivity (Wildman–Crippen MR) is 73.0 cm³/mol. The Morgan fingerprint density at radius 2 is 1.95 bits per heavy atom. The van der Waals surface area contributed by atoms with E-state index in [4.69, 9.17) is 5.11 Å². The molecule has 110 valence electrons. The molecule has 0 fully saturated rings. The van der Waals surface area contributed by atoms with E-state index in [9.17, 15) is 14.0 Å². The highest BCUT2D eigenvalue weighted by molar-refractivity contribution is 5.76. The maximum absolute atomic E-state index is 13.3. The van der Waals surface area contributed by atoms with Crippen molar-refractivity contribution in [3.8, 4) is 0 Å². The van der Waals surface area contributed by atoms with E-state index in [0.717, 1.165) is 0 Å². The highest BCUT2D eigenvalue weighted by Crippen LogP contribution is 2.08. The monoisotopic (exact) mass is 282 g/mol. The van der Waals surface area contributed by atoms with Crippen molar-refractivity contribution in [3.63, 3.8) is 0 Å². The number of carboxylic acid groups (broad SMARTS) is 1. The molecule has 1 aromatic carbocycles. The minimum Gasteiger partial charge on any atom is -0.481 e. The van der Waals surface area contributed by atoms with Crippen LogP contribution in [-0.2, 0) is 11.2 Å². The van der Waals surface area contributed by atoms with E-state index < -0.39 is 17.5 Å². The summed E-state index contributed by atoms with van der Waals surface area (Å²) in [5.74, 6) is -1.29. The number of hydrogen-bond acceptors (Lipinski definition) is 2. The van der Waals surface area contributed by atoms with Gasteiger partial charge in [-0.1, -0.05) is 18.2 Å². The van der Waals surface area contributed by atoms with Crippen molar-refractivity contribution in [2.24, 2.45) is 0 Å². The number of urea groups is 1. The molecule has 0 saturated carbocycles. The maximum Gasteiger partial charge on any atom is 0.315 e. The first-order valence-corrected chi connectivity index (χ1v) is 6.31. The standard InChI is InChI=1S/C14H19FN2O3/c1-14(2,9-12(18)19)17-13(20)16-8-7-10-5-3-4-6-11(10)15/h3-6H,7-9H2,1-2H3,(H,18,19)(H2,16,17,20). The second-order valence-corrected chi connectivity index (χ2v) is 5.18. The minimum absolute atomic E-state index is 0.173. The Morgan fingerprint density at radius 1 is 1.30 bits per heavy atom. The summed E-state index contributed by atoms with van der Waals surface area (Å²) in [5.41, 5.74) is -0.314. The molecular formula is C14H19FN2O3. The SMILES string of the molecule is CC(C)(CC(=O)O)NC(=O)NCCc1ccccc1F. The average molecular weight is 282 g/mol. The molecule has 0 spiro atoms. The van der Waals surface area contributed by atoms with E-state index >= 15 is 0 Å². The summed E-state index contributed by atoms with van der Waals surface area (Å²) in [7, 11) is 0. The summed E-state index contributed by atoms with van der Waals surface area (Å²) in [5, 5.41) is 13.8. The molecule has 0 aliphatic carbocycles. The smallest absolute Gasteiger partial charge is 0.315 e. The van der Waals surface area contributed by atoms with Crippen molar-refractivity contribution in [3.05, 3.63) is 35.6 Å². The first-order valence-electron chi connectivity index (χ1n) is 6.31. The van der Waals surface area contributed by atoms with Crippen LogP contribution in [0.25, 0.3) is 0 Å². The van der Waals surface area contributed by atoms with Gasteiger partial charge in [0.2, 0.25) is 0 Å². The van der Waals surface area contributed by atoms with Gasteiger partial charge in [-0.25, -0.2) is 9.18 Å². The summed E-state index contributed by atoms with van der Waals surface area (Å²) < 4.78 is 13.3. The molecule has 20 heavy (non-hydrogen) atoms. The number of carbonyl (C=O) groups is 2. The average Bonchev–Trinajstić information content (AvgIpc) is 2.29. The van der Waals surface area contributed by atoms with Crippen molar-refractivity contribution in [2.75, 3.05) is 6.54 Å². The van der Waals surface area contributed by atoms with Gasteiger partial charge in [0.15, 0.2) is 0 Å². The maximum atomic E-state index is 13.3. The lowest BCUT2D eigenvalue weighted by molar-refractivity contribution is -0.138. The molecule has 5 nitrogen and oxygen atoms in total. The van der Waals surface area contributed by atoms with Gasteiger partial charge in [-0.15, -0.1) is 0 Å². The number of halogens is 1. The van der Waals surface area contributed by atoms with Gasteiger partial charge < -0.3 is 15.7 Å². The summed E-state index contributed by atoms with van der Waals surface area (Å²) in [6.45, 7) is 3.52. The number of carbonyl (C=O) groups excluding carboxylic acids is 1. The van der Waals surface area contributed by atoms with Crippen LogP contribution in [0.4, 0.5) is 9.18 Å². The summed E-state index contributed by atoms with van der Waals surface area (Å²) in [6.07, 6.45) is 0.202. The number of rotatable bonds is 6. The first-order chi connectivity index (χ1) is 9.30. The van der Waals surface area contributed by atoms with E-state index in [0.29, 0.717) is 12.0 Å². The molecular weight excluding hydrogens is 263 g/mol. The fraction of sp³-hybridized carbons (Fsp3) is 0.429. The molecule has 0 atom stereocenters. The lowest BCUT2D eigenvalue weighted by Gasteiger charge is -2.24. The predicted octanol–water partition coefficient (Wildman–Crippen LogP) is 1.92. The molecule has 0 bridgehead atoms. The van der Waals surface area contributed by atoms with Crippen molar-refractivity contribution in [1.29, 1.82) is 0 Å². The van der Waals surface area contributed by atoms with E-state index in [1.54, 1.807) is 32.0 Å². The largest absolute Gasteiger partial charge is 0.481 e. The molecule has 0 aliphatic rings. The Labute approximate surface area is 117 Å². The van der Waals surface area contributed by atoms with Gasteiger partial charge in [0.1, 0.15) is 5.82 Å². The van der Waals surface area contributed by atoms with Crippen molar-refractivity contribution >= 4 is 12.0 Å². The number of hydrogen-bond donors (Lipinski definition) is 3. The quantitative estimate of drug-likeness (QED) is 0.746. The zero-order chi connectivity index (χ0) is 15.2. The third-order valence-corrected chi connectivity index (χ3v) is 2.68. The number of carboxylic acids is 1. The van der Waals surface area contributed by atoms with Gasteiger partial charge >= 0.3 is 12.0 Å². The van der Waals surface area contributed by atoms with E-state index in [1.165, 1.54) is 6.07 Å². The lowest BCUT2D eigenvalue weighted by Crippen LogP contribution is -2.49. The van der Waals surface area contributed by atoms with E-state index in [2.05, 4.69) is 10.6 Å². The van der Waals surface area contributed by atoms with Crippen LogP contribution in [0, 0.1) is 5.82 Å². The molecule has 0 aromatic heterocycles. The van der Waals surface area contributed by atoms with Gasteiger partial charge in [-0.3, -0.25) is 4.79 Å². The van der Waals surface area contributed by atoms with Crippen LogP contribution < -0.4 is 10.6 Å². The lowest BCUT2D eigenvalue weighted by atomic mass is 10.0. The zero-order valence-electron chi connectivity index (χ0n) is 11.6. The third-order valence-electron chi connectivity index (χ3n) is 2.68. The van der Waals surface area contributed by atoms with Crippen LogP contribution in [0.2, 0.25) is 0 Å². The molecule has 0 saturated heterocycles. The topological polar surface area (TPSA) is 78.4 Å². The van der Waals surface area contributed by atoms with E-state index in [1.807, 2.05) is 0 Å². The Balaban J connectivity index is 2.37. The highest BCUT2D eigenvalue weighted by atomic mass is 19.1. The van der Waals surface area contributed by atoms with Gasteiger partial charge in [0.05, 0.1) is 6.42 Å². The highest BCUT2D eigenvalue weighted by Gasteiger charge is 2.23. The molecule has 1 aromatic rings. The van der Waals surface area contributed by atoms with E-state index in [-0.39, 0.29) is 18.8 Å². The van der Waals surface area contributed by atoms with Crippen molar-refractivity contribution in [1.82, 2.24) is 10.6 Å². The Bertz CT molecular complexity index is 489. The van der Waals surface area contributed by atoms with Crippen LogP contribution in [0.3, 0.4) is 0 Å². The number of amides is 2. The second-order valence-electron chi connectivity index (χ2n) is 5.18. The summed E-state index contributed by atoms with van der Waals surface area (Å²) >= 11 is 0. The minimum atomic E-state index is -0.985. The van der Waals surface area contributed by atoms with Crippen molar-refractivity contribution in [2.45, 2.75) is 32.2 Å². The molecule has 6 heteroatoms. The number of aliphatic carboxylic acids is 1. The molecule has 0 radical (unpaired) electrons. The van der Waals surface area contributed by atoms with Crippen LogP contribution >= 0.6 is 0 Å². The number of nitrogens with one attached hydrogen (secondary N) is 2.